The van der Waals surface area contributed by atoms with Gasteiger partial charge < -0.3 is 28.7 Å². The predicted molar refractivity (Wildman–Crippen MR) is 404 cm³/mol. The van der Waals surface area contributed by atoms with Crippen molar-refractivity contribution in [3.05, 3.63) is 70.8 Å². The third-order valence-electron chi connectivity index (χ3n) is 20.3. The van der Waals surface area contributed by atoms with Gasteiger partial charge in [-0.1, -0.05) is 375 Å². The van der Waals surface area contributed by atoms with E-state index in [2.05, 4.69) is 96.0 Å². The Bertz CT molecular complexity index is 2280. The van der Waals surface area contributed by atoms with Crippen LogP contribution in [0.3, 0.4) is 0 Å². The Balaban J connectivity index is 1.42. The lowest BCUT2D eigenvalue weighted by molar-refractivity contribution is -0.0194. The number of carbonyl (C=O) groups excluding carboxylic acids is 1. The molecule has 1 aliphatic heterocycles. The Labute approximate surface area is 579 Å². The molecular formula is C83H145N3O7Si. The van der Waals surface area contributed by atoms with Gasteiger partial charge in [-0.25, -0.2) is 4.79 Å². The monoisotopic (exact) mass is 1320 g/mol. The number of ether oxygens (including phenoxy) is 4. The van der Waals surface area contributed by atoms with Crippen molar-refractivity contribution in [1.29, 1.82) is 0 Å². The van der Waals surface area contributed by atoms with Crippen LogP contribution in [0.25, 0.3) is 0 Å². The number of hydrogen-bond donors (Lipinski definition) is 1. The van der Waals surface area contributed by atoms with E-state index in [9.17, 15) is 9.59 Å². The molecule has 0 spiro atoms. The number of nitrogens with one attached hydrogen (secondary N) is 1. The van der Waals surface area contributed by atoms with Crippen molar-refractivity contribution in [2.45, 2.75) is 406 Å². The van der Waals surface area contributed by atoms with Gasteiger partial charge in [-0.15, -0.1) is 0 Å². The standard InChI is InChI=1S/C83H145N3O7Si/c1-9-13-16-19-22-25-28-31-34-37-40-43-46-49-52-58-65-89-77-68-73(82(87)84-79-63-64-86(83(88)85-79)80-70-76(75(12-4)92-80)93-94(71(5)6,72(7)8)74-61-56-55-57-62-74)69-78(90-66-59-53-50-47-44-41-38-35-32-29-26-23-20-17-14-10-2)81(77)91-67-60-54-51-48-45-42-39-36-33-30-27-24-21-18-15-11-3/h55-57,61-64,68-69,71-72,75-76,80H,9-54,58-60,65-67,70H2,1-8H3,(H,84,85,87,88). The summed E-state index contributed by atoms with van der Waals surface area (Å²) in [5.74, 6) is 1.43. The van der Waals surface area contributed by atoms with E-state index in [1.54, 1.807) is 29.0 Å². The van der Waals surface area contributed by atoms with Gasteiger partial charge in [-0.3, -0.25) is 9.36 Å². The van der Waals surface area contributed by atoms with Crippen LogP contribution in [0.1, 0.15) is 393 Å². The fraction of sp³-hybridized carbons (Fsp3) is 0.795. The third kappa shape index (κ3) is 34.7. The number of anilines is 1. The Kier molecular flexibility index (Phi) is 47.8. The zero-order chi connectivity index (χ0) is 67.4. The molecule has 0 saturated carbocycles. The summed E-state index contributed by atoms with van der Waals surface area (Å²) in [4.78, 5) is 33.0. The predicted octanol–water partition coefficient (Wildman–Crippen LogP) is 25.2. The summed E-state index contributed by atoms with van der Waals surface area (Å²) in [6.07, 6.45) is 65.1. The van der Waals surface area contributed by atoms with E-state index in [0.717, 1.165) is 44.9 Å². The van der Waals surface area contributed by atoms with Crippen LogP contribution < -0.4 is 30.4 Å². The van der Waals surface area contributed by atoms with Crippen LogP contribution in [0.4, 0.5) is 5.82 Å². The average molecular weight is 1330 g/mol. The average Bonchev–Trinajstić information content (AvgIpc) is 1.37. The fourth-order valence-electron chi connectivity index (χ4n) is 14.4. The van der Waals surface area contributed by atoms with Gasteiger partial charge in [0.25, 0.3) is 5.91 Å². The highest BCUT2D eigenvalue weighted by molar-refractivity contribution is 6.88. The van der Waals surface area contributed by atoms with E-state index in [0.29, 0.717) is 60.1 Å². The molecule has 1 saturated heterocycles. The molecule has 3 unspecified atom stereocenters. The van der Waals surface area contributed by atoms with Crippen molar-refractivity contribution in [3.63, 3.8) is 0 Å². The Morgan fingerprint density at radius 3 is 1.16 bits per heavy atom. The molecule has 1 aliphatic rings. The molecule has 2 heterocycles. The minimum atomic E-state index is -2.50. The molecule has 0 radical (unpaired) electrons. The molecule has 1 fully saturated rings. The van der Waals surface area contributed by atoms with Gasteiger partial charge in [0.2, 0.25) is 14.1 Å². The van der Waals surface area contributed by atoms with Crippen LogP contribution in [-0.2, 0) is 9.16 Å². The van der Waals surface area contributed by atoms with Crippen LogP contribution in [-0.4, -0.2) is 55.8 Å². The number of benzene rings is 2. The van der Waals surface area contributed by atoms with E-state index >= 15 is 0 Å². The zero-order valence-corrected chi connectivity index (χ0v) is 63.3. The Morgan fingerprint density at radius 2 is 0.830 bits per heavy atom. The van der Waals surface area contributed by atoms with E-state index < -0.39 is 26.1 Å². The summed E-state index contributed by atoms with van der Waals surface area (Å²) in [7, 11) is -2.50. The van der Waals surface area contributed by atoms with E-state index in [-0.39, 0.29) is 18.0 Å². The molecule has 1 aromatic heterocycles. The molecule has 0 bridgehead atoms. The number of nitrogens with zero attached hydrogens (tertiary/aromatic N) is 2. The van der Waals surface area contributed by atoms with Crippen LogP contribution in [0.5, 0.6) is 17.2 Å². The molecule has 4 rings (SSSR count). The number of aromatic nitrogens is 2. The highest BCUT2D eigenvalue weighted by Crippen LogP contribution is 2.42. The maximum Gasteiger partial charge on any atom is 0.351 e. The molecule has 94 heavy (non-hydrogen) atoms. The number of carbonyl (C=O) groups is 1. The molecule has 1 amide bonds. The van der Waals surface area contributed by atoms with Gasteiger partial charge in [0, 0.05) is 18.2 Å². The molecule has 2 aromatic carbocycles. The third-order valence-corrected chi connectivity index (χ3v) is 25.6. The van der Waals surface area contributed by atoms with Gasteiger partial charge in [0.05, 0.1) is 32.0 Å². The van der Waals surface area contributed by atoms with Gasteiger partial charge in [0.15, 0.2) is 11.5 Å². The second-order valence-electron chi connectivity index (χ2n) is 29.1. The first kappa shape index (κ1) is 82.7. The maximum absolute atomic E-state index is 14.5. The van der Waals surface area contributed by atoms with Gasteiger partial charge in [-0.2, -0.15) is 4.98 Å². The normalized spacial score (nSPS) is 15.0. The number of unbranched alkanes of at least 4 members (excludes halogenated alkanes) is 45. The summed E-state index contributed by atoms with van der Waals surface area (Å²) >= 11 is 0. The minimum Gasteiger partial charge on any atom is -0.490 e. The summed E-state index contributed by atoms with van der Waals surface area (Å²) in [6, 6.07) is 16.0. The van der Waals surface area contributed by atoms with Crippen molar-refractivity contribution < 1.29 is 28.2 Å². The lowest BCUT2D eigenvalue weighted by Crippen LogP contribution is -2.58. The van der Waals surface area contributed by atoms with Gasteiger partial charge in [0.1, 0.15) is 12.0 Å². The molecule has 538 valence electrons. The molecule has 3 atom stereocenters. The Hall–Kier alpha value is -3.67. The molecule has 11 heteroatoms. The van der Waals surface area contributed by atoms with Crippen LogP contribution in [0.2, 0.25) is 11.1 Å². The molecule has 1 N–H and O–H groups in total. The maximum atomic E-state index is 14.5. The first-order valence-electron chi connectivity index (χ1n) is 40.4. The largest absolute Gasteiger partial charge is 0.490 e. The molecular weight excluding hydrogens is 1180 g/mol. The van der Waals surface area contributed by atoms with E-state index in [1.165, 1.54) is 275 Å². The van der Waals surface area contributed by atoms with E-state index in [1.807, 2.05) is 0 Å². The van der Waals surface area contributed by atoms with Crippen LogP contribution in [0.15, 0.2) is 59.5 Å². The summed E-state index contributed by atoms with van der Waals surface area (Å²) in [6.45, 7) is 19.7. The lowest BCUT2D eigenvalue weighted by Gasteiger charge is -2.42. The second kappa shape index (κ2) is 54.3. The van der Waals surface area contributed by atoms with Crippen molar-refractivity contribution in [3.8, 4) is 17.2 Å². The Morgan fingerprint density at radius 1 is 0.489 bits per heavy atom. The highest BCUT2D eigenvalue weighted by Gasteiger charge is 2.49. The molecule has 0 aliphatic carbocycles. The zero-order valence-electron chi connectivity index (χ0n) is 62.3. The highest BCUT2D eigenvalue weighted by atomic mass is 28.4. The quantitative estimate of drug-likeness (QED) is 0.0440. The topological polar surface area (TPSA) is 110 Å². The lowest BCUT2D eigenvalue weighted by atomic mass is 10.0. The molecule has 10 nitrogen and oxygen atoms in total. The van der Waals surface area contributed by atoms with Crippen LogP contribution in [0, 0.1) is 0 Å². The van der Waals surface area contributed by atoms with Gasteiger partial charge >= 0.3 is 5.69 Å². The number of hydrogen-bond acceptors (Lipinski definition) is 8. The number of rotatable bonds is 63. The van der Waals surface area contributed by atoms with Crippen molar-refractivity contribution in [1.82, 2.24) is 9.55 Å². The SMILES string of the molecule is CCCCCCCCCCCCCCCCCCOc1cc(C(=O)Nc2ccn(C3CC(O[Si](c4ccccc4)(C(C)C)C(C)C)C(CC)O3)c(=O)n2)cc(OCCCCCCCCCCCCCCCCCC)c1OCCCCCCCCCCCCCCCCCC. The summed E-state index contributed by atoms with van der Waals surface area (Å²) in [5.41, 5.74) is 0.541. The summed E-state index contributed by atoms with van der Waals surface area (Å²) < 4.78 is 35.7. The first-order chi connectivity index (χ1) is 46.1. The molecule has 3 aromatic rings. The van der Waals surface area contributed by atoms with Gasteiger partial charge in [-0.05, 0) is 60.2 Å². The van der Waals surface area contributed by atoms with Crippen molar-refractivity contribution in [2.75, 3.05) is 25.1 Å². The summed E-state index contributed by atoms with van der Waals surface area (Å²) in [5, 5.41) is 4.26. The van der Waals surface area contributed by atoms with Crippen LogP contribution >= 0.6 is 0 Å². The second-order valence-corrected chi connectivity index (χ2v) is 33.8. The number of amides is 1. The fourth-order valence-corrected chi connectivity index (χ4v) is 19.2. The minimum absolute atomic E-state index is 0.175. The van der Waals surface area contributed by atoms with E-state index in [4.69, 9.17) is 23.4 Å². The first-order valence-corrected chi connectivity index (χ1v) is 42.5. The van der Waals surface area contributed by atoms with Crippen molar-refractivity contribution >= 4 is 25.2 Å². The van der Waals surface area contributed by atoms with Crippen molar-refractivity contribution in [2.24, 2.45) is 0 Å². The smallest absolute Gasteiger partial charge is 0.351 e.